The van der Waals surface area contributed by atoms with Crippen LogP contribution in [-0.2, 0) is 9.59 Å². The Balaban J connectivity index is 1.14. The number of carbonyl (C=O) groups is 4. The molecule has 0 aromatic heterocycles. The third-order valence-electron chi connectivity index (χ3n) is 7.00. The van der Waals surface area contributed by atoms with E-state index in [-0.39, 0.29) is 22.6 Å². The van der Waals surface area contributed by atoms with Gasteiger partial charge in [-0.05, 0) is 25.0 Å². The van der Waals surface area contributed by atoms with E-state index >= 15 is 0 Å². The fourth-order valence-electron chi connectivity index (χ4n) is 4.95. The molecule has 202 valence electrons. The largest absolute Gasteiger partial charge is 0.494 e. The Hall–Kier alpha value is -3.82. The summed E-state index contributed by atoms with van der Waals surface area (Å²) in [5.41, 5.74) is 0.927. The minimum Gasteiger partial charge on any atom is -0.494 e. The van der Waals surface area contributed by atoms with E-state index in [0.717, 1.165) is 50.7 Å². The third-order valence-corrected chi connectivity index (χ3v) is 7.00. The van der Waals surface area contributed by atoms with E-state index in [9.17, 15) is 28.0 Å². The second-order valence-electron chi connectivity index (χ2n) is 9.41. The number of unbranched alkanes of at least 4 members (excludes halogenated alkanes) is 7. The van der Waals surface area contributed by atoms with Crippen molar-refractivity contribution in [2.24, 2.45) is 0 Å². The molecule has 2 heterocycles. The number of methoxy groups -OCH3 is 2. The van der Waals surface area contributed by atoms with E-state index in [4.69, 9.17) is 9.47 Å². The molecule has 2 aliphatic rings. The van der Waals surface area contributed by atoms with Crippen LogP contribution in [0.5, 0.6) is 11.5 Å². The van der Waals surface area contributed by atoms with Crippen molar-refractivity contribution in [2.75, 3.05) is 37.1 Å². The Kier molecular flexibility index (Phi) is 8.38. The van der Waals surface area contributed by atoms with Gasteiger partial charge < -0.3 is 19.3 Å². The quantitative estimate of drug-likeness (QED) is 0.272. The molecule has 0 N–H and O–H groups in total. The molecule has 10 heteroatoms. The number of Topliss-reactive ketones (excluding diaryl/α,β-unsaturated/α-hetero) is 2. The van der Waals surface area contributed by atoms with Crippen LogP contribution in [-0.4, -0.2) is 50.7 Å². The van der Waals surface area contributed by atoms with Crippen LogP contribution in [0.3, 0.4) is 0 Å². The summed E-state index contributed by atoms with van der Waals surface area (Å²) in [6.07, 6.45) is 7.13. The number of ether oxygens (including phenoxy) is 2. The molecule has 0 saturated carbocycles. The van der Waals surface area contributed by atoms with Gasteiger partial charge >= 0.3 is 0 Å². The highest BCUT2D eigenvalue weighted by molar-refractivity contribution is 6.52. The summed E-state index contributed by atoms with van der Waals surface area (Å²) < 4.78 is 37.8. The molecule has 2 aliphatic heterocycles. The second-order valence-corrected chi connectivity index (χ2v) is 9.41. The van der Waals surface area contributed by atoms with E-state index in [0.29, 0.717) is 37.3 Å². The average Bonchev–Trinajstić information content (AvgIpc) is 3.27. The fraction of sp³-hybridized carbons (Fsp3) is 0.429. The van der Waals surface area contributed by atoms with Gasteiger partial charge in [-0.25, -0.2) is 8.78 Å². The number of anilines is 2. The number of ketones is 2. The minimum atomic E-state index is -0.698. The molecule has 0 fully saturated rings. The predicted molar refractivity (Wildman–Crippen MR) is 136 cm³/mol. The molecular formula is C28H30F2N2O6. The molecule has 0 saturated heterocycles. The highest BCUT2D eigenvalue weighted by atomic mass is 19.1. The maximum atomic E-state index is 13.9. The van der Waals surface area contributed by atoms with Crippen LogP contribution in [0.15, 0.2) is 24.3 Å². The first-order valence-corrected chi connectivity index (χ1v) is 12.8. The van der Waals surface area contributed by atoms with Gasteiger partial charge in [-0.3, -0.25) is 19.2 Å². The van der Waals surface area contributed by atoms with E-state index in [1.165, 1.54) is 36.2 Å². The van der Waals surface area contributed by atoms with Crippen molar-refractivity contribution in [3.63, 3.8) is 0 Å². The first-order chi connectivity index (χ1) is 18.3. The molecule has 4 rings (SSSR count). The van der Waals surface area contributed by atoms with Crippen LogP contribution in [0, 0.1) is 11.6 Å². The minimum absolute atomic E-state index is 0.00483. The predicted octanol–water partition coefficient (Wildman–Crippen LogP) is 4.86. The zero-order valence-corrected chi connectivity index (χ0v) is 21.5. The number of benzene rings is 2. The van der Waals surface area contributed by atoms with Gasteiger partial charge in [-0.1, -0.05) is 38.5 Å². The maximum Gasteiger partial charge on any atom is 0.299 e. The lowest BCUT2D eigenvalue weighted by Crippen LogP contribution is -2.30. The zero-order valence-electron chi connectivity index (χ0n) is 21.5. The van der Waals surface area contributed by atoms with E-state index in [2.05, 4.69) is 0 Å². The molecule has 0 aliphatic carbocycles. The number of rotatable bonds is 13. The Morgan fingerprint density at radius 2 is 0.921 bits per heavy atom. The van der Waals surface area contributed by atoms with Crippen molar-refractivity contribution in [3.8, 4) is 11.5 Å². The van der Waals surface area contributed by atoms with E-state index < -0.39 is 35.0 Å². The van der Waals surface area contributed by atoms with Crippen LogP contribution >= 0.6 is 0 Å². The van der Waals surface area contributed by atoms with Crippen LogP contribution in [0.4, 0.5) is 20.2 Å². The number of fused-ring (bicyclic) bond motifs is 2. The molecule has 0 radical (unpaired) electrons. The molecule has 0 spiro atoms. The molecule has 0 atom stereocenters. The maximum absolute atomic E-state index is 13.9. The van der Waals surface area contributed by atoms with Gasteiger partial charge in [0.2, 0.25) is 0 Å². The first kappa shape index (κ1) is 27.2. The van der Waals surface area contributed by atoms with Gasteiger partial charge in [0.15, 0.2) is 23.1 Å². The molecule has 2 aromatic rings. The molecular weight excluding hydrogens is 498 g/mol. The smallest absolute Gasteiger partial charge is 0.299 e. The number of carbonyl (C=O) groups excluding carboxylic acids is 4. The van der Waals surface area contributed by atoms with Crippen LogP contribution in [0.25, 0.3) is 0 Å². The second kappa shape index (κ2) is 11.7. The van der Waals surface area contributed by atoms with Crippen molar-refractivity contribution in [2.45, 2.75) is 51.4 Å². The van der Waals surface area contributed by atoms with Crippen molar-refractivity contribution < 1.29 is 37.4 Å². The van der Waals surface area contributed by atoms with Gasteiger partial charge in [0.05, 0.1) is 36.7 Å². The highest BCUT2D eigenvalue weighted by Crippen LogP contribution is 2.36. The van der Waals surface area contributed by atoms with Crippen molar-refractivity contribution >= 4 is 34.8 Å². The molecule has 38 heavy (non-hydrogen) atoms. The lowest BCUT2D eigenvalue weighted by Gasteiger charge is -2.17. The summed E-state index contributed by atoms with van der Waals surface area (Å²) >= 11 is 0. The summed E-state index contributed by atoms with van der Waals surface area (Å²) in [7, 11) is 2.67. The Labute approximate surface area is 219 Å². The van der Waals surface area contributed by atoms with Gasteiger partial charge in [0, 0.05) is 25.2 Å². The summed E-state index contributed by atoms with van der Waals surface area (Å²) in [5.74, 6) is -4.03. The van der Waals surface area contributed by atoms with E-state index in [1.807, 2.05) is 0 Å². The highest BCUT2D eigenvalue weighted by Gasteiger charge is 2.37. The third kappa shape index (κ3) is 5.25. The number of hydrogen-bond acceptors (Lipinski definition) is 6. The number of hydrogen-bond donors (Lipinski definition) is 0. The van der Waals surface area contributed by atoms with Crippen LogP contribution in [0.1, 0.15) is 72.1 Å². The molecule has 2 aromatic carbocycles. The standard InChI is InChI=1S/C28H30F2N2O6/c1-37-23-15-21-17(13-19(23)29)25(33)27(35)31(21)11-9-7-5-3-4-6-8-10-12-32-22-16-24(38-2)20(30)14-18(22)26(34)28(32)36/h13-16H,3-12H2,1-2H3. The van der Waals surface area contributed by atoms with Crippen LogP contribution < -0.4 is 19.3 Å². The molecule has 0 bridgehead atoms. The fourth-order valence-corrected chi connectivity index (χ4v) is 4.95. The van der Waals surface area contributed by atoms with Crippen LogP contribution in [0.2, 0.25) is 0 Å². The summed E-state index contributed by atoms with van der Waals surface area (Å²) in [6.45, 7) is 0.760. The number of amides is 2. The van der Waals surface area contributed by atoms with Gasteiger partial charge in [-0.2, -0.15) is 0 Å². The average molecular weight is 529 g/mol. The lowest BCUT2D eigenvalue weighted by molar-refractivity contribution is -0.114. The van der Waals surface area contributed by atoms with Crippen molar-refractivity contribution in [1.29, 1.82) is 0 Å². The Morgan fingerprint density at radius 1 is 0.579 bits per heavy atom. The molecule has 2 amide bonds. The van der Waals surface area contributed by atoms with E-state index in [1.54, 1.807) is 0 Å². The summed E-state index contributed by atoms with van der Waals surface area (Å²) in [5, 5.41) is 0. The molecule has 8 nitrogen and oxygen atoms in total. The lowest BCUT2D eigenvalue weighted by atomic mass is 10.1. The Bertz CT molecular complexity index is 1180. The van der Waals surface area contributed by atoms with Crippen molar-refractivity contribution in [3.05, 3.63) is 47.0 Å². The van der Waals surface area contributed by atoms with Gasteiger partial charge in [0.25, 0.3) is 23.4 Å². The van der Waals surface area contributed by atoms with Gasteiger partial charge in [-0.15, -0.1) is 0 Å². The monoisotopic (exact) mass is 528 g/mol. The topological polar surface area (TPSA) is 93.2 Å². The number of halogens is 2. The Morgan fingerprint density at radius 3 is 1.26 bits per heavy atom. The van der Waals surface area contributed by atoms with Gasteiger partial charge in [0.1, 0.15) is 0 Å². The molecule has 0 unspecified atom stereocenters. The summed E-state index contributed by atoms with van der Waals surface area (Å²) in [6, 6.07) is 4.90. The van der Waals surface area contributed by atoms with Crippen molar-refractivity contribution in [1.82, 2.24) is 0 Å². The summed E-state index contributed by atoms with van der Waals surface area (Å²) in [4.78, 5) is 51.8. The normalized spacial score (nSPS) is 14.4. The first-order valence-electron chi connectivity index (χ1n) is 12.8. The zero-order chi connectivity index (χ0) is 27.4. The SMILES string of the molecule is COc1cc2c(cc1F)C(=O)C(=O)N2CCCCCCCCCCN1C(=O)C(=O)c2cc(F)c(OC)cc21. The number of nitrogens with zero attached hydrogens (tertiary/aromatic N) is 2.